The first-order chi connectivity index (χ1) is 15.2. The second kappa shape index (κ2) is 6.40. The van der Waals surface area contributed by atoms with Crippen molar-refractivity contribution >= 4 is 5.97 Å². The Morgan fingerprint density at radius 2 is 1.45 bits per heavy atom. The highest BCUT2D eigenvalue weighted by Gasteiger charge is 2.75. The summed E-state index contributed by atoms with van der Waals surface area (Å²) >= 11 is 0. The molecular formula is C30H48O3. The standard InChI is InChI=1S/C30H48O3/c1-25(2)14-16-30-17-15-28(6)18(22(30)23(25)33-24(30)32)8-9-20-27(5)12-11-21(31)26(3,4)19(27)10-13-29(20,28)7/h18-23,31H,8-17H2,1-7H3/t18-,19+,20-,21+,22+,23-,27+,28-,29-,30+/m1/s1. The normalized spacial score (nSPS) is 58.4. The van der Waals surface area contributed by atoms with E-state index in [1.165, 1.54) is 38.5 Å². The maximum absolute atomic E-state index is 13.3. The van der Waals surface area contributed by atoms with Gasteiger partial charge in [-0.3, -0.25) is 4.79 Å². The van der Waals surface area contributed by atoms with E-state index in [-0.39, 0.29) is 39.8 Å². The minimum absolute atomic E-state index is 0.00939. The van der Waals surface area contributed by atoms with Crippen molar-refractivity contribution in [1.82, 2.24) is 0 Å². The summed E-state index contributed by atoms with van der Waals surface area (Å²) in [4.78, 5) is 13.3. The molecule has 0 radical (unpaired) electrons. The van der Waals surface area contributed by atoms with Crippen LogP contribution in [0.15, 0.2) is 0 Å². The second-order valence-electron chi connectivity index (χ2n) is 15.5. The van der Waals surface area contributed by atoms with Gasteiger partial charge in [0.05, 0.1) is 11.5 Å². The van der Waals surface area contributed by atoms with Gasteiger partial charge < -0.3 is 9.84 Å². The summed E-state index contributed by atoms with van der Waals surface area (Å²) in [6.45, 7) is 17.3. The number of carbonyl (C=O) groups excluding carboxylic acids is 1. The highest BCUT2D eigenvalue weighted by atomic mass is 16.6. The smallest absolute Gasteiger partial charge is 0.312 e. The van der Waals surface area contributed by atoms with Crippen LogP contribution in [0.4, 0.5) is 0 Å². The number of ether oxygens (including phenoxy) is 1. The molecule has 0 unspecified atom stereocenters. The SMILES string of the molecule is CC1(C)CC[C@]23CC[C@]4(C)[C@H](CC[C@@H]5[C@@]6(C)CC[C@H](O)C(C)(C)[C@@H]6CC[C@]54C)[C@H]2[C@H]1OC3=O. The quantitative estimate of drug-likeness (QED) is 0.409. The zero-order valence-corrected chi connectivity index (χ0v) is 22.3. The van der Waals surface area contributed by atoms with Crippen molar-refractivity contribution in [3.8, 4) is 0 Å². The Hall–Kier alpha value is -0.570. The van der Waals surface area contributed by atoms with Crippen LogP contribution in [0.1, 0.15) is 113 Å². The van der Waals surface area contributed by atoms with E-state index in [9.17, 15) is 9.90 Å². The van der Waals surface area contributed by atoms with Gasteiger partial charge >= 0.3 is 5.97 Å². The number of esters is 1. The molecule has 2 bridgehead atoms. The van der Waals surface area contributed by atoms with E-state index >= 15 is 0 Å². The van der Waals surface area contributed by atoms with Crippen LogP contribution in [0.3, 0.4) is 0 Å². The molecule has 5 aliphatic carbocycles. The van der Waals surface area contributed by atoms with Crippen molar-refractivity contribution in [2.24, 2.45) is 56.2 Å². The Morgan fingerprint density at radius 3 is 2.18 bits per heavy atom. The van der Waals surface area contributed by atoms with E-state index < -0.39 is 0 Å². The van der Waals surface area contributed by atoms with Gasteiger partial charge in [0.25, 0.3) is 0 Å². The van der Waals surface area contributed by atoms with Crippen LogP contribution in [0.2, 0.25) is 0 Å². The lowest BCUT2D eigenvalue weighted by atomic mass is 9.31. The third-order valence-corrected chi connectivity index (χ3v) is 14.0. The number of aliphatic hydroxyl groups excluding tert-OH is 1. The summed E-state index contributed by atoms with van der Waals surface area (Å²) in [6.07, 6.45) is 11.6. The van der Waals surface area contributed by atoms with Crippen LogP contribution < -0.4 is 0 Å². The van der Waals surface area contributed by atoms with E-state index in [1.807, 2.05) is 0 Å². The van der Waals surface area contributed by atoms with Crippen molar-refractivity contribution in [3.63, 3.8) is 0 Å². The molecule has 0 aromatic carbocycles. The highest BCUT2D eigenvalue weighted by Crippen LogP contribution is 2.78. The van der Waals surface area contributed by atoms with Gasteiger partial charge in [0, 0.05) is 11.3 Å². The molecule has 186 valence electrons. The molecule has 6 fully saturated rings. The maximum atomic E-state index is 13.3. The first-order valence-electron chi connectivity index (χ1n) is 14.1. The zero-order chi connectivity index (χ0) is 23.8. The van der Waals surface area contributed by atoms with Crippen LogP contribution in [0, 0.1) is 56.2 Å². The molecule has 1 aliphatic heterocycles. The molecule has 0 amide bonds. The van der Waals surface area contributed by atoms with Crippen molar-refractivity contribution in [1.29, 1.82) is 0 Å². The molecule has 10 atom stereocenters. The van der Waals surface area contributed by atoms with E-state index in [0.717, 1.165) is 31.6 Å². The summed E-state index contributed by atoms with van der Waals surface area (Å²) in [6, 6.07) is 0. The van der Waals surface area contributed by atoms with Crippen molar-refractivity contribution in [2.75, 3.05) is 0 Å². The monoisotopic (exact) mass is 456 g/mol. The molecule has 6 rings (SSSR count). The lowest BCUT2D eigenvalue weighted by Gasteiger charge is -2.73. The van der Waals surface area contributed by atoms with Gasteiger partial charge in [-0.2, -0.15) is 0 Å². The Labute approximate surface area is 201 Å². The summed E-state index contributed by atoms with van der Waals surface area (Å²) in [7, 11) is 0. The summed E-state index contributed by atoms with van der Waals surface area (Å²) in [5.41, 5.74) is 0.823. The molecule has 5 saturated carbocycles. The highest BCUT2D eigenvalue weighted by molar-refractivity contribution is 5.81. The fourth-order valence-corrected chi connectivity index (χ4v) is 11.8. The Balaban J connectivity index is 1.41. The molecule has 1 heterocycles. The summed E-state index contributed by atoms with van der Waals surface area (Å²) < 4.78 is 6.28. The van der Waals surface area contributed by atoms with Crippen LogP contribution in [0.25, 0.3) is 0 Å². The first-order valence-corrected chi connectivity index (χ1v) is 14.1. The first kappa shape index (κ1) is 22.9. The van der Waals surface area contributed by atoms with Gasteiger partial charge in [0.1, 0.15) is 6.10 Å². The van der Waals surface area contributed by atoms with Gasteiger partial charge in [-0.1, -0.05) is 48.5 Å². The van der Waals surface area contributed by atoms with E-state index in [4.69, 9.17) is 4.74 Å². The molecule has 6 aliphatic rings. The van der Waals surface area contributed by atoms with Gasteiger partial charge in [0.15, 0.2) is 0 Å². The van der Waals surface area contributed by atoms with Gasteiger partial charge in [-0.15, -0.1) is 0 Å². The van der Waals surface area contributed by atoms with Gasteiger partial charge in [-0.25, -0.2) is 0 Å². The molecule has 1 saturated heterocycles. The third kappa shape index (κ3) is 2.45. The second-order valence-corrected chi connectivity index (χ2v) is 15.5. The molecule has 33 heavy (non-hydrogen) atoms. The average Bonchev–Trinajstić information content (AvgIpc) is 2.99. The van der Waals surface area contributed by atoms with Gasteiger partial charge in [0.2, 0.25) is 0 Å². The Kier molecular flexibility index (Phi) is 4.44. The summed E-state index contributed by atoms with van der Waals surface area (Å²) in [5, 5.41) is 10.9. The third-order valence-electron chi connectivity index (χ3n) is 14.0. The minimum Gasteiger partial charge on any atom is -0.461 e. The van der Waals surface area contributed by atoms with E-state index in [1.54, 1.807) is 0 Å². The molecule has 1 N–H and O–H groups in total. The number of rotatable bonds is 0. The van der Waals surface area contributed by atoms with E-state index in [0.29, 0.717) is 28.6 Å². The lowest BCUT2D eigenvalue weighted by Crippen LogP contribution is -2.67. The molecule has 0 aromatic rings. The lowest BCUT2D eigenvalue weighted by molar-refractivity contribution is -0.252. The van der Waals surface area contributed by atoms with E-state index in [2.05, 4.69) is 48.5 Å². The zero-order valence-electron chi connectivity index (χ0n) is 22.3. The van der Waals surface area contributed by atoms with Crippen LogP contribution in [-0.2, 0) is 9.53 Å². The Morgan fingerprint density at radius 1 is 0.758 bits per heavy atom. The van der Waals surface area contributed by atoms with Crippen LogP contribution >= 0.6 is 0 Å². The van der Waals surface area contributed by atoms with Crippen molar-refractivity contribution < 1.29 is 14.6 Å². The molecule has 3 nitrogen and oxygen atoms in total. The van der Waals surface area contributed by atoms with Crippen molar-refractivity contribution in [3.05, 3.63) is 0 Å². The average molecular weight is 457 g/mol. The van der Waals surface area contributed by atoms with Gasteiger partial charge in [-0.05, 0) is 104 Å². The molecular weight excluding hydrogens is 408 g/mol. The largest absolute Gasteiger partial charge is 0.461 e. The Bertz CT molecular complexity index is 876. The number of hydrogen-bond donors (Lipinski definition) is 1. The summed E-state index contributed by atoms with van der Waals surface area (Å²) in [5.74, 6) is 2.50. The fourth-order valence-electron chi connectivity index (χ4n) is 11.8. The van der Waals surface area contributed by atoms with Crippen molar-refractivity contribution in [2.45, 2.75) is 125 Å². The molecule has 3 heteroatoms. The number of hydrogen-bond acceptors (Lipinski definition) is 3. The number of fused-ring (bicyclic) bond motifs is 5. The number of carbonyl (C=O) groups is 1. The van der Waals surface area contributed by atoms with Crippen LogP contribution in [-0.4, -0.2) is 23.3 Å². The minimum atomic E-state index is -0.189. The fraction of sp³-hybridized carbons (Fsp3) is 0.967. The predicted octanol–water partition coefficient (Wildman–Crippen LogP) is 6.76. The molecule has 0 aromatic heterocycles. The maximum Gasteiger partial charge on any atom is 0.312 e. The topological polar surface area (TPSA) is 46.5 Å². The predicted molar refractivity (Wildman–Crippen MR) is 130 cm³/mol. The molecule has 0 spiro atoms. The number of aliphatic hydroxyl groups is 1. The van der Waals surface area contributed by atoms with Crippen LogP contribution in [0.5, 0.6) is 0 Å².